The van der Waals surface area contributed by atoms with Gasteiger partial charge in [-0.3, -0.25) is 4.79 Å². The molecule has 0 spiro atoms. The summed E-state index contributed by atoms with van der Waals surface area (Å²) in [7, 11) is 0. The van der Waals surface area contributed by atoms with Gasteiger partial charge in [0, 0.05) is 19.6 Å². The Balaban J connectivity index is 2.00. The van der Waals surface area contributed by atoms with E-state index in [1.54, 1.807) is 0 Å². The van der Waals surface area contributed by atoms with Gasteiger partial charge in [-0.2, -0.15) is 0 Å². The molecule has 2 aliphatic rings. The van der Waals surface area contributed by atoms with E-state index in [2.05, 4.69) is 5.32 Å². The van der Waals surface area contributed by atoms with Gasteiger partial charge in [-0.05, 0) is 32.2 Å². The Morgan fingerprint density at radius 2 is 2.31 bits per heavy atom. The number of hydrogen-bond donors (Lipinski definition) is 2. The Kier molecular flexibility index (Phi) is 3.22. The first kappa shape index (κ1) is 11.9. The minimum Gasteiger partial charge on any atom is -0.391 e. The first-order chi connectivity index (χ1) is 7.53. The lowest BCUT2D eigenvalue weighted by Gasteiger charge is -2.38. The molecule has 0 aromatic carbocycles. The molecule has 2 aliphatic heterocycles. The molecule has 0 radical (unpaired) electrons. The van der Waals surface area contributed by atoms with Crippen LogP contribution < -0.4 is 5.32 Å². The van der Waals surface area contributed by atoms with Crippen molar-refractivity contribution < 1.29 is 9.90 Å². The second-order valence-electron chi connectivity index (χ2n) is 5.57. The highest BCUT2D eigenvalue weighted by Crippen LogP contribution is 2.29. The summed E-state index contributed by atoms with van der Waals surface area (Å²) in [4.78, 5) is 14.2. The van der Waals surface area contributed by atoms with Gasteiger partial charge in [0.15, 0.2) is 0 Å². The highest BCUT2D eigenvalue weighted by Gasteiger charge is 2.41. The van der Waals surface area contributed by atoms with Gasteiger partial charge in [-0.25, -0.2) is 0 Å². The summed E-state index contributed by atoms with van der Waals surface area (Å²) in [5.41, 5.74) is -0.250. The van der Waals surface area contributed by atoms with Gasteiger partial charge in [0.05, 0.1) is 11.5 Å². The molecule has 2 N–H and O–H groups in total. The number of carbonyl (C=O) groups is 1. The minimum atomic E-state index is -0.351. The van der Waals surface area contributed by atoms with Gasteiger partial charge >= 0.3 is 0 Å². The van der Waals surface area contributed by atoms with Gasteiger partial charge < -0.3 is 15.3 Å². The van der Waals surface area contributed by atoms with Crippen LogP contribution in [0.1, 0.15) is 26.7 Å². The summed E-state index contributed by atoms with van der Waals surface area (Å²) >= 11 is 0. The lowest BCUT2D eigenvalue weighted by Crippen LogP contribution is -2.51. The van der Waals surface area contributed by atoms with E-state index in [1.165, 1.54) is 0 Å². The van der Waals surface area contributed by atoms with Crippen LogP contribution in [-0.2, 0) is 4.79 Å². The molecule has 16 heavy (non-hydrogen) atoms. The van der Waals surface area contributed by atoms with Gasteiger partial charge in [0.25, 0.3) is 0 Å². The molecule has 3 unspecified atom stereocenters. The lowest BCUT2D eigenvalue weighted by atomic mass is 9.86. The van der Waals surface area contributed by atoms with E-state index < -0.39 is 0 Å². The Labute approximate surface area is 97.0 Å². The van der Waals surface area contributed by atoms with Crippen molar-refractivity contribution in [2.24, 2.45) is 11.3 Å². The van der Waals surface area contributed by atoms with Crippen molar-refractivity contribution in [2.75, 3.05) is 26.2 Å². The maximum atomic E-state index is 12.3. The SMILES string of the molecule is CC1CCN(C(=O)C2(C)CCNC2)CC1O. The molecule has 0 bridgehead atoms. The molecule has 2 rings (SSSR count). The van der Waals surface area contributed by atoms with Gasteiger partial charge in [-0.1, -0.05) is 6.92 Å². The predicted octanol–water partition coefficient (Wildman–Crippen LogP) is 0.215. The fourth-order valence-electron chi connectivity index (χ4n) is 2.61. The number of amides is 1. The second-order valence-corrected chi connectivity index (χ2v) is 5.57. The minimum absolute atomic E-state index is 0.212. The Bertz CT molecular complexity index is 274. The van der Waals surface area contributed by atoms with Crippen molar-refractivity contribution in [3.05, 3.63) is 0 Å². The van der Waals surface area contributed by atoms with Crippen LogP contribution in [0.15, 0.2) is 0 Å². The molecule has 2 fully saturated rings. The zero-order valence-electron chi connectivity index (χ0n) is 10.2. The standard InChI is InChI=1S/C12H22N2O2/c1-9-3-6-14(7-10(9)15)11(16)12(2)4-5-13-8-12/h9-10,13,15H,3-8H2,1-2H3. The van der Waals surface area contributed by atoms with Crippen LogP contribution in [0.2, 0.25) is 0 Å². The molecule has 0 aromatic heterocycles. The largest absolute Gasteiger partial charge is 0.391 e. The van der Waals surface area contributed by atoms with Crippen molar-refractivity contribution in [3.63, 3.8) is 0 Å². The molecule has 92 valence electrons. The molecule has 0 aliphatic carbocycles. The Hall–Kier alpha value is -0.610. The maximum absolute atomic E-state index is 12.3. The van der Waals surface area contributed by atoms with E-state index in [9.17, 15) is 9.90 Å². The first-order valence-corrected chi connectivity index (χ1v) is 6.21. The summed E-state index contributed by atoms with van der Waals surface area (Å²) < 4.78 is 0. The molecule has 2 saturated heterocycles. The smallest absolute Gasteiger partial charge is 0.229 e. The molecule has 2 heterocycles. The number of carbonyl (C=O) groups excluding carboxylic acids is 1. The van der Waals surface area contributed by atoms with Crippen molar-refractivity contribution in [1.82, 2.24) is 10.2 Å². The third kappa shape index (κ3) is 2.09. The zero-order chi connectivity index (χ0) is 11.8. The topological polar surface area (TPSA) is 52.6 Å². The first-order valence-electron chi connectivity index (χ1n) is 6.21. The number of rotatable bonds is 1. The van der Waals surface area contributed by atoms with Crippen LogP contribution in [-0.4, -0.2) is 48.2 Å². The van der Waals surface area contributed by atoms with Crippen LogP contribution in [0.5, 0.6) is 0 Å². The van der Waals surface area contributed by atoms with Gasteiger partial charge in [-0.15, -0.1) is 0 Å². The number of nitrogens with one attached hydrogen (secondary N) is 1. The Morgan fingerprint density at radius 3 is 2.88 bits per heavy atom. The van der Waals surface area contributed by atoms with E-state index in [1.807, 2.05) is 18.7 Å². The van der Waals surface area contributed by atoms with E-state index in [4.69, 9.17) is 0 Å². The number of nitrogens with zero attached hydrogens (tertiary/aromatic N) is 1. The van der Waals surface area contributed by atoms with E-state index >= 15 is 0 Å². The highest BCUT2D eigenvalue weighted by atomic mass is 16.3. The number of likely N-dealkylation sites (tertiary alicyclic amines) is 1. The number of piperidine rings is 1. The summed E-state index contributed by atoms with van der Waals surface area (Å²) in [6, 6.07) is 0. The molecule has 3 atom stereocenters. The number of aliphatic hydroxyl groups excluding tert-OH is 1. The van der Waals surface area contributed by atoms with Gasteiger partial charge in [0.1, 0.15) is 0 Å². The van der Waals surface area contributed by atoms with Crippen LogP contribution >= 0.6 is 0 Å². The summed E-state index contributed by atoms with van der Waals surface area (Å²) in [6.07, 6.45) is 1.47. The molecule has 4 nitrogen and oxygen atoms in total. The van der Waals surface area contributed by atoms with Crippen molar-refractivity contribution in [2.45, 2.75) is 32.8 Å². The normalized spacial score (nSPS) is 40.1. The van der Waals surface area contributed by atoms with Crippen LogP contribution in [0.4, 0.5) is 0 Å². The summed E-state index contributed by atoms with van der Waals surface area (Å²) in [5.74, 6) is 0.530. The molecular formula is C12H22N2O2. The van der Waals surface area contributed by atoms with Crippen molar-refractivity contribution in [3.8, 4) is 0 Å². The molecule has 0 aromatic rings. The second kappa shape index (κ2) is 4.34. The van der Waals surface area contributed by atoms with Crippen LogP contribution in [0.25, 0.3) is 0 Å². The van der Waals surface area contributed by atoms with E-state index in [0.29, 0.717) is 12.5 Å². The fraction of sp³-hybridized carbons (Fsp3) is 0.917. The molecule has 0 saturated carbocycles. The predicted molar refractivity (Wildman–Crippen MR) is 62.0 cm³/mol. The van der Waals surface area contributed by atoms with Gasteiger partial charge in [0.2, 0.25) is 5.91 Å². The summed E-state index contributed by atoms with van der Waals surface area (Å²) in [6.45, 7) is 7.08. The third-order valence-corrected chi connectivity index (χ3v) is 4.09. The van der Waals surface area contributed by atoms with Crippen molar-refractivity contribution in [1.29, 1.82) is 0 Å². The lowest BCUT2D eigenvalue weighted by molar-refractivity contribution is -0.144. The fourth-order valence-corrected chi connectivity index (χ4v) is 2.61. The quantitative estimate of drug-likeness (QED) is 0.672. The highest BCUT2D eigenvalue weighted by molar-refractivity contribution is 5.83. The third-order valence-electron chi connectivity index (χ3n) is 4.09. The van der Waals surface area contributed by atoms with E-state index in [0.717, 1.165) is 32.5 Å². The monoisotopic (exact) mass is 226 g/mol. The molecular weight excluding hydrogens is 204 g/mol. The molecule has 1 amide bonds. The van der Waals surface area contributed by atoms with Crippen LogP contribution in [0, 0.1) is 11.3 Å². The average molecular weight is 226 g/mol. The number of hydrogen-bond acceptors (Lipinski definition) is 3. The van der Waals surface area contributed by atoms with Crippen molar-refractivity contribution >= 4 is 5.91 Å². The van der Waals surface area contributed by atoms with Crippen LogP contribution in [0.3, 0.4) is 0 Å². The zero-order valence-corrected chi connectivity index (χ0v) is 10.2. The number of β-amino-alcohol motifs (C(OH)–C–C–N with tert-alkyl or cyclic N) is 1. The number of aliphatic hydroxyl groups is 1. The Morgan fingerprint density at radius 1 is 1.56 bits per heavy atom. The van der Waals surface area contributed by atoms with E-state index in [-0.39, 0.29) is 17.4 Å². The molecule has 4 heteroatoms. The maximum Gasteiger partial charge on any atom is 0.229 e. The average Bonchev–Trinajstić information content (AvgIpc) is 2.70. The summed E-state index contributed by atoms with van der Waals surface area (Å²) in [5, 5.41) is 13.1.